The van der Waals surface area contributed by atoms with Crippen LogP contribution in [0.3, 0.4) is 0 Å². The summed E-state index contributed by atoms with van der Waals surface area (Å²) >= 11 is 0. The molecule has 0 aliphatic carbocycles. The molecule has 0 saturated carbocycles. The van der Waals surface area contributed by atoms with Crippen molar-refractivity contribution in [1.29, 1.82) is 0 Å². The summed E-state index contributed by atoms with van der Waals surface area (Å²) in [5, 5.41) is 7.51. The van der Waals surface area contributed by atoms with Crippen molar-refractivity contribution in [3.8, 4) is 0 Å². The van der Waals surface area contributed by atoms with Crippen LogP contribution in [0.25, 0.3) is 0 Å². The second-order valence-electron chi connectivity index (χ2n) is 3.98. The summed E-state index contributed by atoms with van der Waals surface area (Å²) in [6, 6.07) is 3.31. The minimum Gasteiger partial charge on any atom is -0.382 e. The van der Waals surface area contributed by atoms with Crippen LogP contribution in [0.1, 0.15) is 23.8 Å². The zero-order chi connectivity index (χ0) is 12.3. The van der Waals surface area contributed by atoms with E-state index in [2.05, 4.69) is 10.2 Å². The highest BCUT2D eigenvalue weighted by molar-refractivity contribution is 5.92. The summed E-state index contributed by atoms with van der Waals surface area (Å²) < 4.78 is 5.36. The standard InChI is InChI=1S/C11H16N4O2/c1-2-8-7-17-6-5-15(8)11(16)9-3-4-10(12)14-13-9/h3-4,8H,2,5-7H2,1H3,(H2,12,14). The number of ether oxygens (including phenoxy) is 1. The lowest BCUT2D eigenvalue weighted by Crippen LogP contribution is -2.48. The number of carbonyl (C=O) groups is 1. The Balaban J connectivity index is 2.15. The number of anilines is 1. The van der Waals surface area contributed by atoms with Gasteiger partial charge in [-0.15, -0.1) is 10.2 Å². The van der Waals surface area contributed by atoms with E-state index in [-0.39, 0.29) is 11.9 Å². The maximum Gasteiger partial charge on any atom is 0.274 e. The van der Waals surface area contributed by atoms with Crippen LogP contribution >= 0.6 is 0 Å². The van der Waals surface area contributed by atoms with Gasteiger partial charge in [-0.3, -0.25) is 4.79 Å². The molecular formula is C11H16N4O2. The van der Waals surface area contributed by atoms with Gasteiger partial charge in [0.15, 0.2) is 5.69 Å². The normalized spacial score (nSPS) is 20.3. The van der Waals surface area contributed by atoms with Gasteiger partial charge in [0.2, 0.25) is 0 Å². The van der Waals surface area contributed by atoms with Crippen LogP contribution in [-0.2, 0) is 4.74 Å². The number of hydrogen-bond acceptors (Lipinski definition) is 5. The Morgan fingerprint density at radius 3 is 3.06 bits per heavy atom. The van der Waals surface area contributed by atoms with Crippen molar-refractivity contribution in [2.75, 3.05) is 25.5 Å². The molecule has 6 heteroatoms. The molecule has 1 aliphatic heterocycles. The molecule has 1 atom stereocenters. The van der Waals surface area contributed by atoms with Crippen molar-refractivity contribution in [2.45, 2.75) is 19.4 Å². The average molecular weight is 236 g/mol. The number of carbonyl (C=O) groups excluding carboxylic acids is 1. The second-order valence-corrected chi connectivity index (χ2v) is 3.98. The van der Waals surface area contributed by atoms with Crippen molar-refractivity contribution in [2.24, 2.45) is 0 Å². The van der Waals surface area contributed by atoms with Crippen LogP contribution in [0.4, 0.5) is 5.82 Å². The SMILES string of the molecule is CCC1COCCN1C(=O)c1ccc(N)nn1. The molecule has 92 valence electrons. The minimum absolute atomic E-state index is 0.104. The van der Waals surface area contributed by atoms with E-state index >= 15 is 0 Å². The Morgan fingerprint density at radius 1 is 1.59 bits per heavy atom. The van der Waals surface area contributed by atoms with E-state index in [1.54, 1.807) is 17.0 Å². The lowest BCUT2D eigenvalue weighted by atomic mass is 10.1. The summed E-state index contributed by atoms with van der Waals surface area (Å²) in [6.07, 6.45) is 0.869. The summed E-state index contributed by atoms with van der Waals surface area (Å²) in [7, 11) is 0. The number of hydrogen-bond donors (Lipinski definition) is 1. The van der Waals surface area contributed by atoms with Crippen LogP contribution in [-0.4, -0.2) is 46.8 Å². The fourth-order valence-electron chi connectivity index (χ4n) is 1.86. The van der Waals surface area contributed by atoms with E-state index in [1.165, 1.54) is 0 Å². The zero-order valence-electron chi connectivity index (χ0n) is 9.80. The highest BCUT2D eigenvalue weighted by Crippen LogP contribution is 2.13. The third-order valence-electron chi connectivity index (χ3n) is 2.86. The average Bonchev–Trinajstić information content (AvgIpc) is 2.39. The highest BCUT2D eigenvalue weighted by Gasteiger charge is 2.27. The van der Waals surface area contributed by atoms with Gasteiger partial charge in [0.05, 0.1) is 19.3 Å². The topological polar surface area (TPSA) is 81.3 Å². The number of amides is 1. The first-order valence-corrected chi connectivity index (χ1v) is 5.70. The fourth-order valence-corrected chi connectivity index (χ4v) is 1.86. The van der Waals surface area contributed by atoms with Gasteiger partial charge in [0.25, 0.3) is 5.91 Å². The third-order valence-corrected chi connectivity index (χ3v) is 2.86. The Morgan fingerprint density at radius 2 is 2.41 bits per heavy atom. The molecule has 1 aromatic rings. The molecule has 1 fully saturated rings. The van der Waals surface area contributed by atoms with E-state index in [9.17, 15) is 4.79 Å². The Bertz CT molecular complexity index is 393. The molecule has 17 heavy (non-hydrogen) atoms. The molecule has 2 N–H and O–H groups in total. The quantitative estimate of drug-likeness (QED) is 0.799. The zero-order valence-corrected chi connectivity index (χ0v) is 9.80. The Labute approximate surface area is 99.8 Å². The molecule has 0 aromatic carbocycles. The first-order chi connectivity index (χ1) is 8.22. The van der Waals surface area contributed by atoms with Gasteiger partial charge in [-0.2, -0.15) is 0 Å². The first kappa shape index (κ1) is 11.8. The molecule has 1 unspecified atom stereocenters. The van der Waals surface area contributed by atoms with Gasteiger partial charge < -0.3 is 15.4 Å². The molecule has 0 bridgehead atoms. The molecule has 0 radical (unpaired) electrons. The number of morpholine rings is 1. The maximum atomic E-state index is 12.2. The maximum absolute atomic E-state index is 12.2. The summed E-state index contributed by atoms with van der Waals surface area (Å²) in [6.45, 7) is 3.80. The Hall–Kier alpha value is -1.69. The number of nitrogens with two attached hydrogens (primary N) is 1. The van der Waals surface area contributed by atoms with Crippen LogP contribution < -0.4 is 5.73 Å². The van der Waals surface area contributed by atoms with Gasteiger partial charge in [-0.25, -0.2) is 0 Å². The molecular weight excluding hydrogens is 220 g/mol. The number of nitrogen functional groups attached to an aromatic ring is 1. The monoisotopic (exact) mass is 236 g/mol. The van der Waals surface area contributed by atoms with E-state index < -0.39 is 0 Å². The summed E-state index contributed by atoms with van der Waals surface area (Å²) in [5.74, 6) is 0.211. The first-order valence-electron chi connectivity index (χ1n) is 5.70. The largest absolute Gasteiger partial charge is 0.382 e. The van der Waals surface area contributed by atoms with Crippen LogP contribution in [0.15, 0.2) is 12.1 Å². The number of aromatic nitrogens is 2. The molecule has 2 heterocycles. The lowest BCUT2D eigenvalue weighted by molar-refractivity contribution is -0.00316. The highest BCUT2D eigenvalue weighted by atomic mass is 16.5. The molecule has 0 spiro atoms. The molecule has 1 saturated heterocycles. The summed E-state index contributed by atoms with van der Waals surface area (Å²) in [4.78, 5) is 14.0. The van der Waals surface area contributed by atoms with Crippen molar-refractivity contribution in [3.63, 3.8) is 0 Å². The minimum atomic E-state index is -0.104. The van der Waals surface area contributed by atoms with E-state index in [0.717, 1.165) is 6.42 Å². The van der Waals surface area contributed by atoms with Crippen molar-refractivity contribution >= 4 is 11.7 Å². The van der Waals surface area contributed by atoms with E-state index in [4.69, 9.17) is 10.5 Å². The van der Waals surface area contributed by atoms with E-state index in [1.807, 2.05) is 6.92 Å². The predicted octanol–water partition coefficient (Wildman–Crippen LogP) is 0.310. The van der Waals surface area contributed by atoms with Gasteiger partial charge in [-0.05, 0) is 18.6 Å². The van der Waals surface area contributed by atoms with Crippen molar-refractivity contribution in [3.05, 3.63) is 17.8 Å². The van der Waals surface area contributed by atoms with Crippen molar-refractivity contribution < 1.29 is 9.53 Å². The number of rotatable bonds is 2. The van der Waals surface area contributed by atoms with Crippen LogP contribution in [0.2, 0.25) is 0 Å². The molecule has 6 nitrogen and oxygen atoms in total. The second kappa shape index (κ2) is 5.09. The van der Waals surface area contributed by atoms with Gasteiger partial charge >= 0.3 is 0 Å². The van der Waals surface area contributed by atoms with Gasteiger partial charge in [0, 0.05) is 6.54 Å². The predicted molar refractivity (Wildman–Crippen MR) is 62.4 cm³/mol. The van der Waals surface area contributed by atoms with Crippen molar-refractivity contribution in [1.82, 2.24) is 15.1 Å². The lowest BCUT2D eigenvalue weighted by Gasteiger charge is -2.34. The molecule has 1 aliphatic rings. The fraction of sp³-hybridized carbons (Fsp3) is 0.545. The number of nitrogens with zero attached hydrogens (tertiary/aromatic N) is 3. The van der Waals surface area contributed by atoms with Crippen LogP contribution in [0.5, 0.6) is 0 Å². The molecule has 2 rings (SSSR count). The summed E-state index contributed by atoms with van der Waals surface area (Å²) in [5.41, 5.74) is 5.77. The van der Waals surface area contributed by atoms with Gasteiger partial charge in [-0.1, -0.05) is 6.92 Å². The van der Waals surface area contributed by atoms with E-state index in [0.29, 0.717) is 31.3 Å². The molecule has 1 amide bonds. The third kappa shape index (κ3) is 2.52. The Kier molecular flexibility index (Phi) is 3.53. The molecule has 1 aromatic heterocycles. The smallest absolute Gasteiger partial charge is 0.274 e. The van der Waals surface area contributed by atoms with Gasteiger partial charge in [0.1, 0.15) is 5.82 Å². The van der Waals surface area contributed by atoms with Crippen LogP contribution in [0, 0.1) is 0 Å².